The van der Waals surface area contributed by atoms with Gasteiger partial charge in [0.15, 0.2) is 0 Å². The van der Waals surface area contributed by atoms with Crippen LogP contribution in [0.3, 0.4) is 0 Å². The molecule has 0 aliphatic rings. The number of rotatable bonds is 4. The van der Waals surface area contributed by atoms with E-state index < -0.39 is 35.1 Å². The van der Waals surface area contributed by atoms with Crippen molar-refractivity contribution in [2.75, 3.05) is 5.32 Å². The summed E-state index contributed by atoms with van der Waals surface area (Å²) in [5.74, 6) is -3.50. The van der Waals surface area contributed by atoms with Gasteiger partial charge in [-0.1, -0.05) is 12.1 Å². The van der Waals surface area contributed by atoms with Gasteiger partial charge in [-0.2, -0.15) is 18.3 Å². The van der Waals surface area contributed by atoms with Crippen molar-refractivity contribution >= 4 is 17.5 Å². The van der Waals surface area contributed by atoms with Crippen LogP contribution in [0.25, 0.3) is 5.69 Å². The van der Waals surface area contributed by atoms with Crippen molar-refractivity contribution in [3.8, 4) is 5.69 Å². The number of nitrogens with zero attached hydrogens (tertiary/aromatic N) is 2. The fourth-order valence-corrected chi connectivity index (χ4v) is 2.47. The van der Waals surface area contributed by atoms with Gasteiger partial charge in [-0.05, 0) is 42.0 Å². The third-order valence-corrected chi connectivity index (χ3v) is 3.88. The minimum atomic E-state index is -4.71. The lowest BCUT2D eigenvalue weighted by molar-refractivity contribution is -0.137. The van der Waals surface area contributed by atoms with E-state index in [0.717, 1.165) is 5.69 Å². The molecule has 3 aromatic rings. The van der Waals surface area contributed by atoms with E-state index in [1.54, 1.807) is 47.4 Å². The number of anilines is 1. The molecule has 0 fully saturated rings. The summed E-state index contributed by atoms with van der Waals surface area (Å²) in [6.07, 6.45) is -1.38. The van der Waals surface area contributed by atoms with Crippen molar-refractivity contribution < 1.29 is 27.2 Å². The molecule has 29 heavy (non-hydrogen) atoms. The number of hydrogen-bond acceptors (Lipinski definition) is 3. The van der Waals surface area contributed by atoms with Crippen LogP contribution in [0.2, 0.25) is 0 Å². The third-order valence-electron chi connectivity index (χ3n) is 3.88. The molecule has 3 rings (SSSR count). The van der Waals surface area contributed by atoms with E-state index >= 15 is 0 Å². The molecular weight excluding hydrogens is 392 g/mol. The van der Waals surface area contributed by atoms with Crippen LogP contribution < -0.4 is 10.6 Å². The number of benzene rings is 2. The summed E-state index contributed by atoms with van der Waals surface area (Å²) < 4.78 is 53.4. The SMILES string of the molecule is O=C(NCc1cccc(-n2cccn2)c1)C(=O)Nc1cc(C(F)(F)F)ccc1F. The van der Waals surface area contributed by atoms with Crippen molar-refractivity contribution in [2.24, 2.45) is 0 Å². The van der Waals surface area contributed by atoms with Crippen molar-refractivity contribution in [1.29, 1.82) is 0 Å². The number of aromatic nitrogens is 2. The Labute approximate surface area is 162 Å². The Morgan fingerprint density at radius 3 is 2.52 bits per heavy atom. The van der Waals surface area contributed by atoms with Crippen molar-refractivity contribution in [1.82, 2.24) is 15.1 Å². The number of hydrogen-bond donors (Lipinski definition) is 2. The van der Waals surface area contributed by atoms with Crippen LogP contribution in [-0.4, -0.2) is 21.6 Å². The van der Waals surface area contributed by atoms with Gasteiger partial charge < -0.3 is 10.6 Å². The van der Waals surface area contributed by atoms with Crippen LogP contribution in [-0.2, 0) is 22.3 Å². The van der Waals surface area contributed by atoms with Gasteiger partial charge in [-0.15, -0.1) is 0 Å². The molecule has 0 saturated heterocycles. The van der Waals surface area contributed by atoms with Gasteiger partial charge in [0.25, 0.3) is 0 Å². The molecule has 150 valence electrons. The van der Waals surface area contributed by atoms with Crippen LogP contribution in [0.15, 0.2) is 60.9 Å². The lowest BCUT2D eigenvalue weighted by atomic mass is 10.2. The highest BCUT2D eigenvalue weighted by Gasteiger charge is 2.31. The zero-order valence-corrected chi connectivity index (χ0v) is 14.7. The van der Waals surface area contributed by atoms with Crippen LogP contribution in [0, 0.1) is 5.82 Å². The van der Waals surface area contributed by atoms with Gasteiger partial charge in [0, 0.05) is 18.9 Å². The minimum Gasteiger partial charge on any atom is -0.344 e. The van der Waals surface area contributed by atoms with E-state index in [-0.39, 0.29) is 6.54 Å². The van der Waals surface area contributed by atoms with E-state index in [1.807, 2.05) is 5.32 Å². The van der Waals surface area contributed by atoms with E-state index in [9.17, 15) is 27.2 Å². The first-order chi connectivity index (χ1) is 13.7. The summed E-state index contributed by atoms with van der Waals surface area (Å²) in [4.78, 5) is 23.9. The Balaban J connectivity index is 1.63. The zero-order chi connectivity index (χ0) is 21.0. The quantitative estimate of drug-likeness (QED) is 0.516. The van der Waals surface area contributed by atoms with Crippen molar-refractivity contribution in [3.63, 3.8) is 0 Å². The van der Waals surface area contributed by atoms with Gasteiger partial charge >= 0.3 is 18.0 Å². The fraction of sp³-hybridized carbons (Fsp3) is 0.105. The maximum Gasteiger partial charge on any atom is 0.416 e. The molecule has 10 heteroatoms. The Kier molecular flexibility index (Phi) is 5.62. The summed E-state index contributed by atoms with van der Waals surface area (Å²) in [6, 6.07) is 10.2. The van der Waals surface area contributed by atoms with E-state index in [0.29, 0.717) is 23.8 Å². The zero-order valence-electron chi connectivity index (χ0n) is 14.7. The molecule has 1 aromatic heterocycles. The molecule has 6 nitrogen and oxygen atoms in total. The Morgan fingerprint density at radius 2 is 1.83 bits per heavy atom. The highest BCUT2D eigenvalue weighted by atomic mass is 19.4. The molecule has 2 aromatic carbocycles. The van der Waals surface area contributed by atoms with E-state index in [4.69, 9.17) is 0 Å². The predicted octanol–water partition coefficient (Wildman–Crippen LogP) is 3.29. The largest absolute Gasteiger partial charge is 0.416 e. The predicted molar refractivity (Wildman–Crippen MR) is 95.4 cm³/mol. The van der Waals surface area contributed by atoms with Crippen LogP contribution in [0.4, 0.5) is 23.2 Å². The van der Waals surface area contributed by atoms with Gasteiger partial charge in [-0.3, -0.25) is 9.59 Å². The van der Waals surface area contributed by atoms with Gasteiger partial charge in [0.2, 0.25) is 0 Å². The maximum atomic E-state index is 13.7. The Bertz CT molecular complexity index is 1030. The number of nitrogens with one attached hydrogen (secondary N) is 2. The standard InChI is InChI=1S/C19H14F4N4O2/c20-15-6-5-13(19(21,22)23)10-16(15)26-18(29)17(28)24-11-12-3-1-4-14(9-12)27-8-2-7-25-27/h1-10H,11H2,(H,24,28)(H,26,29). The Morgan fingerprint density at radius 1 is 1.03 bits per heavy atom. The first-order valence-corrected chi connectivity index (χ1v) is 8.29. The normalized spacial score (nSPS) is 11.2. The lowest BCUT2D eigenvalue weighted by Gasteiger charge is -2.11. The average molecular weight is 406 g/mol. The molecule has 0 radical (unpaired) electrons. The van der Waals surface area contributed by atoms with Crippen LogP contribution >= 0.6 is 0 Å². The molecule has 0 atom stereocenters. The topological polar surface area (TPSA) is 76.0 Å². The highest BCUT2D eigenvalue weighted by Crippen LogP contribution is 2.31. The van der Waals surface area contributed by atoms with Crippen molar-refractivity contribution in [3.05, 3.63) is 77.9 Å². The minimum absolute atomic E-state index is 0.0214. The van der Waals surface area contributed by atoms with Gasteiger partial charge in [0.1, 0.15) is 5.82 Å². The van der Waals surface area contributed by atoms with Crippen LogP contribution in [0.1, 0.15) is 11.1 Å². The van der Waals surface area contributed by atoms with Crippen LogP contribution in [0.5, 0.6) is 0 Å². The van der Waals surface area contributed by atoms with Gasteiger partial charge in [0.05, 0.1) is 16.9 Å². The summed E-state index contributed by atoms with van der Waals surface area (Å²) in [5, 5.41) is 8.26. The fourth-order valence-electron chi connectivity index (χ4n) is 2.47. The summed E-state index contributed by atoms with van der Waals surface area (Å²) in [7, 11) is 0. The molecule has 0 bridgehead atoms. The second-order valence-corrected chi connectivity index (χ2v) is 5.95. The van der Waals surface area contributed by atoms with Crippen molar-refractivity contribution in [2.45, 2.75) is 12.7 Å². The molecule has 2 N–H and O–H groups in total. The first kappa shape index (κ1) is 20.1. The molecule has 1 heterocycles. The van der Waals surface area contributed by atoms with E-state index in [2.05, 4.69) is 10.4 Å². The average Bonchev–Trinajstić information content (AvgIpc) is 3.22. The monoisotopic (exact) mass is 406 g/mol. The molecule has 0 aliphatic carbocycles. The lowest BCUT2D eigenvalue weighted by Crippen LogP contribution is -2.35. The number of amides is 2. The smallest absolute Gasteiger partial charge is 0.344 e. The summed E-state index contributed by atoms with van der Waals surface area (Å²) in [5.41, 5.74) is -0.493. The number of carbonyl (C=O) groups excluding carboxylic acids is 2. The number of halogens is 4. The molecule has 2 amide bonds. The first-order valence-electron chi connectivity index (χ1n) is 8.29. The second-order valence-electron chi connectivity index (χ2n) is 5.95. The Hall–Kier alpha value is -3.69. The molecule has 0 unspecified atom stereocenters. The van der Waals surface area contributed by atoms with Gasteiger partial charge in [-0.25, -0.2) is 9.07 Å². The second kappa shape index (κ2) is 8.13. The summed E-state index contributed by atoms with van der Waals surface area (Å²) >= 11 is 0. The summed E-state index contributed by atoms with van der Waals surface area (Å²) in [6.45, 7) is -0.0214. The highest BCUT2D eigenvalue weighted by molar-refractivity contribution is 6.39. The maximum absolute atomic E-state index is 13.7. The molecule has 0 saturated carbocycles. The molecule has 0 aliphatic heterocycles. The number of carbonyl (C=O) groups is 2. The number of alkyl halides is 3. The van der Waals surface area contributed by atoms with E-state index in [1.165, 1.54) is 0 Å². The molecule has 0 spiro atoms. The molecular formula is C19H14F4N4O2. The third kappa shape index (κ3) is 4.98.